The molecule has 1 aromatic carbocycles. The lowest BCUT2D eigenvalue weighted by atomic mass is 10.1. The van der Waals surface area contributed by atoms with Crippen molar-refractivity contribution in [3.63, 3.8) is 0 Å². The Balaban J connectivity index is 1.78. The largest absolute Gasteiger partial charge is 0.478 e. The van der Waals surface area contributed by atoms with Crippen LogP contribution in [-0.2, 0) is 17.9 Å². The number of rotatable bonds is 7. The molecule has 0 aliphatic heterocycles. The van der Waals surface area contributed by atoms with Crippen molar-refractivity contribution in [2.75, 3.05) is 0 Å². The highest BCUT2D eigenvalue weighted by molar-refractivity contribution is 7.09. The number of hydrogen-bond acceptors (Lipinski definition) is 4. The van der Waals surface area contributed by atoms with Crippen LogP contribution < -0.4 is 4.74 Å². The smallest absolute Gasteiger partial charge is 0.266 e. The molecular formula is C20H20ClNO3S. The summed E-state index contributed by atoms with van der Waals surface area (Å²) in [5, 5.41) is 2.63. The molecule has 0 unspecified atom stereocenters. The van der Waals surface area contributed by atoms with Crippen LogP contribution in [0.4, 0.5) is 0 Å². The third-order valence-corrected chi connectivity index (χ3v) is 4.98. The molecule has 1 amide bonds. The first kappa shape index (κ1) is 18.5. The summed E-state index contributed by atoms with van der Waals surface area (Å²) in [4.78, 5) is 16.1. The first-order chi connectivity index (χ1) is 12.4. The van der Waals surface area contributed by atoms with Crippen LogP contribution in [0, 0.1) is 0 Å². The number of amides is 1. The second-order valence-electron chi connectivity index (χ2n) is 6.44. The number of thiophene rings is 1. The maximum absolute atomic E-state index is 13.2. The molecule has 0 fully saturated rings. The Bertz CT molecular complexity index is 790. The molecule has 0 spiro atoms. The van der Waals surface area contributed by atoms with E-state index in [2.05, 4.69) is 0 Å². The summed E-state index contributed by atoms with van der Waals surface area (Å²) in [5.74, 6) is 0.509. The highest BCUT2D eigenvalue weighted by Gasteiger charge is 2.34. The van der Waals surface area contributed by atoms with Crippen molar-refractivity contribution in [3.05, 3.63) is 75.8 Å². The molecule has 2 heterocycles. The monoisotopic (exact) mass is 389 g/mol. The molecule has 0 N–H and O–H groups in total. The van der Waals surface area contributed by atoms with Gasteiger partial charge in [0, 0.05) is 22.0 Å². The van der Waals surface area contributed by atoms with Crippen molar-refractivity contribution in [1.82, 2.24) is 4.90 Å². The standard InChI is InChI=1S/C20H20ClNO3S/c1-20(2,25-17-7-5-16(21)6-8-17)19(23)22(12-15-9-10-24-14-15)13-18-4-3-11-26-18/h3-11,14H,12-13H2,1-2H3. The van der Waals surface area contributed by atoms with Gasteiger partial charge in [0.25, 0.3) is 5.91 Å². The van der Waals surface area contributed by atoms with Crippen molar-refractivity contribution in [2.45, 2.75) is 32.5 Å². The van der Waals surface area contributed by atoms with Crippen LogP contribution in [0.1, 0.15) is 24.3 Å². The fraction of sp³-hybridized carbons (Fsp3) is 0.250. The van der Waals surface area contributed by atoms with Crippen molar-refractivity contribution in [3.8, 4) is 5.75 Å². The minimum Gasteiger partial charge on any atom is -0.478 e. The molecule has 2 aromatic heterocycles. The first-order valence-electron chi connectivity index (χ1n) is 8.21. The van der Waals surface area contributed by atoms with Crippen molar-refractivity contribution < 1.29 is 13.9 Å². The summed E-state index contributed by atoms with van der Waals surface area (Å²) in [6.07, 6.45) is 3.26. The molecule has 136 valence electrons. The molecule has 0 saturated heterocycles. The number of ether oxygens (including phenoxy) is 1. The zero-order chi connectivity index (χ0) is 18.6. The Kier molecular flexibility index (Phi) is 5.69. The summed E-state index contributed by atoms with van der Waals surface area (Å²) in [6.45, 7) is 4.54. The maximum Gasteiger partial charge on any atom is 0.266 e. The first-order valence-corrected chi connectivity index (χ1v) is 9.47. The average Bonchev–Trinajstić information content (AvgIpc) is 3.29. The lowest BCUT2D eigenvalue weighted by molar-refractivity contribution is -0.146. The molecular weight excluding hydrogens is 370 g/mol. The fourth-order valence-electron chi connectivity index (χ4n) is 2.61. The van der Waals surface area contributed by atoms with Gasteiger partial charge in [-0.2, -0.15) is 0 Å². The molecule has 0 aliphatic rings. The number of carbonyl (C=O) groups excluding carboxylic acids is 1. The Labute approximate surface area is 162 Å². The van der Waals surface area contributed by atoms with Gasteiger partial charge in [-0.3, -0.25) is 4.79 Å². The molecule has 6 heteroatoms. The van der Waals surface area contributed by atoms with E-state index < -0.39 is 5.60 Å². The van der Waals surface area contributed by atoms with Gasteiger partial charge in [0.2, 0.25) is 0 Å². The molecule has 0 aliphatic carbocycles. The number of furan rings is 1. The van der Waals surface area contributed by atoms with Crippen LogP contribution in [0.15, 0.2) is 64.8 Å². The van der Waals surface area contributed by atoms with Gasteiger partial charge in [0.1, 0.15) is 5.75 Å². The molecule has 26 heavy (non-hydrogen) atoms. The summed E-state index contributed by atoms with van der Waals surface area (Å²) in [6, 6.07) is 12.9. The molecule has 0 bridgehead atoms. The number of carbonyl (C=O) groups is 1. The normalized spacial score (nSPS) is 11.3. The topological polar surface area (TPSA) is 42.7 Å². The van der Waals surface area contributed by atoms with E-state index in [1.165, 1.54) is 0 Å². The van der Waals surface area contributed by atoms with E-state index in [0.717, 1.165) is 10.4 Å². The van der Waals surface area contributed by atoms with Crippen molar-refractivity contribution in [2.24, 2.45) is 0 Å². The van der Waals surface area contributed by atoms with Gasteiger partial charge >= 0.3 is 0 Å². The highest BCUT2D eigenvalue weighted by atomic mass is 35.5. The Morgan fingerprint density at radius 1 is 1.19 bits per heavy atom. The van der Waals surface area contributed by atoms with E-state index >= 15 is 0 Å². The molecule has 0 radical (unpaired) electrons. The zero-order valence-corrected chi connectivity index (χ0v) is 16.2. The third kappa shape index (κ3) is 4.68. The van der Waals surface area contributed by atoms with Gasteiger partial charge in [-0.05, 0) is 55.6 Å². The van der Waals surface area contributed by atoms with Crippen LogP contribution >= 0.6 is 22.9 Å². The average molecular weight is 390 g/mol. The maximum atomic E-state index is 13.2. The van der Waals surface area contributed by atoms with E-state index in [1.807, 2.05) is 23.6 Å². The van der Waals surface area contributed by atoms with Crippen LogP contribution in [0.3, 0.4) is 0 Å². The lowest BCUT2D eigenvalue weighted by Crippen LogP contribution is -2.48. The second-order valence-corrected chi connectivity index (χ2v) is 7.91. The second kappa shape index (κ2) is 7.98. The van der Waals surface area contributed by atoms with E-state index in [9.17, 15) is 4.79 Å². The zero-order valence-electron chi connectivity index (χ0n) is 14.6. The highest BCUT2D eigenvalue weighted by Crippen LogP contribution is 2.24. The van der Waals surface area contributed by atoms with Gasteiger partial charge in [-0.25, -0.2) is 0 Å². The summed E-state index contributed by atoms with van der Waals surface area (Å²) in [7, 11) is 0. The quantitative estimate of drug-likeness (QED) is 0.544. The number of benzene rings is 1. The summed E-state index contributed by atoms with van der Waals surface area (Å²) < 4.78 is 11.1. The van der Waals surface area contributed by atoms with Gasteiger partial charge < -0.3 is 14.1 Å². The predicted molar refractivity (Wildman–Crippen MR) is 103 cm³/mol. The van der Waals surface area contributed by atoms with E-state index in [1.54, 1.807) is 66.9 Å². The van der Waals surface area contributed by atoms with Crippen molar-refractivity contribution >= 4 is 28.8 Å². The predicted octanol–water partition coefficient (Wildman–Crippen LogP) is 5.38. The molecule has 3 rings (SSSR count). The minimum absolute atomic E-state index is 0.0953. The van der Waals surface area contributed by atoms with Crippen LogP contribution in [0.5, 0.6) is 5.75 Å². The molecule has 4 nitrogen and oxygen atoms in total. The van der Waals surface area contributed by atoms with Crippen LogP contribution in [-0.4, -0.2) is 16.4 Å². The Hall–Kier alpha value is -2.24. The Morgan fingerprint density at radius 3 is 2.58 bits per heavy atom. The van der Waals surface area contributed by atoms with Crippen molar-refractivity contribution in [1.29, 1.82) is 0 Å². The third-order valence-electron chi connectivity index (χ3n) is 3.87. The van der Waals surface area contributed by atoms with Gasteiger partial charge in [0.05, 0.1) is 19.1 Å². The molecule has 0 saturated carbocycles. The molecule has 3 aromatic rings. The minimum atomic E-state index is -1.02. The van der Waals surface area contributed by atoms with E-state index in [0.29, 0.717) is 23.9 Å². The summed E-state index contributed by atoms with van der Waals surface area (Å²) in [5.41, 5.74) is -0.0772. The van der Waals surface area contributed by atoms with Crippen LogP contribution in [0.2, 0.25) is 5.02 Å². The van der Waals surface area contributed by atoms with Gasteiger partial charge in [0.15, 0.2) is 5.60 Å². The number of hydrogen-bond donors (Lipinski definition) is 0. The van der Waals surface area contributed by atoms with E-state index in [-0.39, 0.29) is 5.91 Å². The Morgan fingerprint density at radius 2 is 1.96 bits per heavy atom. The van der Waals surface area contributed by atoms with Crippen LogP contribution in [0.25, 0.3) is 0 Å². The van der Waals surface area contributed by atoms with E-state index in [4.69, 9.17) is 20.8 Å². The number of halogens is 1. The number of nitrogens with zero attached hydrogens (tertiary/aromatic N) is 1. The summed E-state index contributed by atoms with van der Waals surface area (Å²) >= 11 is 7.54. The molecule has 0 atom stereocenters. The van der Waals surface area contributed by atoms with Gasteiger partial charge in [-0.15, -0.1) is 11.3 Å². The van der Waals surface area contributed by atoms with Gasteiger partial charge in [-0.1, -0.05) is 17.7 Å². The lowest BCUT2D eigenvalue weighted by Gasteiger charge is -2.32. The SMILES string of the molecule is CC(C)(Oc1ccc(Cl)cc1)C(=O)N(Cc1ccoc1)Cc1cccs1. The fourth-order valence-corrected chi connectivity index (χ4v) is 3.46.